The molecule has 9 heteroatoms. The van der Waals surface area contributed by atoms with Crippen LogP contribution in [0.2, 0.25) is 0 Å². The molecule has 0 fully saturated rings. The lowest BCUT2D eigenvalue weighted by molar-refractivity contribution is -0.385. The summed E-state index contributed by atoms with van der Waals surface area (Å²) in [4.78, 5) is 16.9. The lowest BCUT2D eigenvalue weighted by Gasteiger charge is -2.21. The van der Waals surface area contributed by atoms with Crippen LogP contribution in [0, 0.1) is 27.8 Å². The second-order valence-corrected chi connectivity index (χ2v) is 9.33. The molecule has 0 aliphatic carbocycles. The van der Waals surface area contributed by atoms with E-state index in [4.69, 9.17) is 14.2 Å². The van der Waals surface area contributed by atoms with Gasteiger partial charge in [-0.3, -0.25) is 15.1 Å². The number of rotatable bonds is 13. The van der Waals surface area contributed by atoms with E-state index in [2.05, 4.69) is 37.8 Å². The van der Waals surface area contributed by atoms with E-state index in [1.54, 1.807) is 31.5 Å². The molecule has 3 aromatic rings. The van der Waals surface area contributed by atoms with Gasteiger partial charge in [-0.1, -0.05) is 34.1 Å². The third kappa shape index (κ3) is 8.55. The normalized spacial score (nSPS) is 12.4. The van der Waals surface area contributed by atoms with E-state index >= 15 is 0 Å². The van der Waals surface area contributed by atoms with Crippen LogP contribution >= 0.6 is 0 Å². The summed E-state index contributed by atoms with van der Waals surface area (Å²) in [6, 6.07) is 8.38. The van der Waals surface area contributed by atoms with Crippen LogP contribution in [0.5, 0.6) is 23.0 Å². The highest BCUT2D eigenvalue weighted by Gasteiger charge is 2.17. The van der Waals surface area contributed by atoms with Gasteiger partial charge in [0.25, 0.3) is 5.69 Å². The predicted octanol–water partition coefficient (Wildman–Crippen LogP) is 7.49. The number of nitrogens with zero attached hydrogens (tertiary/aromatic N) is 3. The molecule has 1 aromatic heterocycles. The van der Waals surface area contributed by atoms with Crippen molar-refractivity contribution in [2.75, 3.05) is 34.4 Å². The maximum atomic E-state index is 14.4. The van der Waals surface area contributed by atoms with Crippen LogP contribution in [0.4, 0.5) is 10.1 Å². The molecule has 38 heavy (non-hydrogen) atoms. The number of hydrogen-bond donors (Lipinski definition) is 0. The lowest BCUT2D eigenvalue weighted by Crippen LogP contribution is -2.22. The first-order chi connectivity index (χ1) is 18.2. The second-order valence-electron chi connectivity index (χ2n) is 9.33. The zero-order valence-electron chi connectivity index (χ0n) is 23.5. The Morgan fingerprint density at radius 1 is 1.05 bits per heavy atom. The topological polar surface area (TPSA) is 87.0 Å². The third-order valence-corrected chi connectivity index (χ3v) is 6.12. The molecule has 0 N–H and O–H groups in total. The van der Waals surface area contributed by atoms with Crippen LogP contribution in [0.25, 0.3) is 10.9 Å². The van der Waals surface area contributed by atoms with Gasteiger partial charge in [-0.05, 0) is 57.0 Å². The van der Waals surface area contributed by atoms with Gasteiger partial charge in [-0.25, -0.2) is 4.39 Å². The van der Waals surface area contributed by atoms with Gasteiger partial charge in [0.2, 0.25) is 0 Å². The maximum Gasteiger partial charge on any atom is 0.272 e. The molecule has 0 amide bonds. The highest BCUT2D eigenvalue weighted by atomic mass is 19.1. The molecule has 2 unspecified atom stereocenters. The number of halogens is 1. The maximum absolute atomic E-state index is 14.4. The van der Waals surface area contributed by atoms with Crippen molar-refractivity contribution in [3.63, 3.8) is 0 Å². The van der Waals surface area contributed by atoms with Gasteiger partial charge in [0, 0.05) is 30.3 Å². The molecule has 0 aliphatic heterocycles. The number of benzene rings is 2. The van der Waals surface area contributed by atoms with Crippen molar-refractivity contribution in [3.05, 3.63) is 58.5 Å². The lowest BCUT2D eigenvalue weighted by atomic mass is 9.95. The van der Waals surface area contributed by atoms with E-state index in [0.717, 1.165) is 31.9 Å². The quantitative estimate of drug-likeness (QED) is 0.167. The first kappa shape index (κ1) is 30.8. The van der Waals surface area contributed by atoms with Gasteiger partial charge in [-0.2, -0.15) is 0 Å². The largest absolute Gasteiger partial charge is 0.493 e. The Balaban J connectivity index is 0.00000247. The minimum absolute atomic E-state index is 0.124. The first-order valence-electron chi connectivity index (χ1n) is 13.1. The SMILES string of the molecule is CC.CCC(CCC(C)COc1cc2nccc(Oc3ccc([N+](=O)[O-])cc3F)c2cc1OC)CN(C)C. The Kier molecular flexibility index (Phi) is 12.2. The predicted molar refractivity (Wildman–Crippen MR) is 149 cm³/mol. The molecule has 1 heterocycles. The standard InChI is InChI=1S/C27H34FN3O5.C2H6/c1-6-19(16-30(3)4)8-7-18(2)17-35-27-15-23-21(14-26(27)34-5)24(11-12-29-23)36-25-10-9-20(31(32)33)13-22(25)28;1-2/h9-15,18-19H,6-8,16-17H2,1-5H3;1-2H3. The number of nitro benzene ring substituents is 1. The van der Waals surface area contributed by atoms with Crippen molar-refractivity contribution in [2.45, 2.75) is 47.0 Å². The molecule has 3 rings (SSSR count). The second kappa shape index (κ2) is 15.1. The van der Waals surface area contributed by atoms with Crippen molar-refractivity contribution >= 4 is 16.6 Å². The van der Waals surface area contributed by atoms with Crippen molar-refractivity contribution < 1.29 is 23.5 Å². The fraction of sp³-hybridized carbons (Fsp3) is 0.483. The van der Waals surface area contributed by atoms with Crippen LogP contribution in [0.1, 0.15) is 47.0 Å². The summed E-state index contributed by atoms with van der Waals surface area (Å²) in [7, 11) is 5.76. The molecule has 208 valence electrons. The number of non-ortho nitro benzene ring substituents is 1. The molecule has 0 saturated heterocycles. The summed E-state index contributed by atoms with van der Waals surface area (Å²) in [6.07, 6.45) is 4.92. The van der Waals surface area contributed by atoms with Gasteiger partial charge >= 0.3 is 0 Å². The summed E-state index contributed by atoms with van der Waals surface area (Å²) in [6.45, 7) is 10.0. The van der Waals surface area contributed by atoms with Gasteiger partial charge in [0.15, 0.2) is 23.1 Å². The Morgan fingerprint density at radius 2 is 1.79 bits per heavy atom. The van der Waals surface area contributed by atoms with Crippen molar-refractivity contribution in [1.82, 2.24) is 9.88 Å². The average molecular weight is 530 g/mol. The van der Waals surface area contributed by atoms with Gasteiger partial charge < -0.3 is 19.1 Å². The molecule has 0 bridgehead atoms. The van der Waals surface area contributed by atoms with Gasteiger partial charge in [-0.15, -0.1) is 0 Å². The number of hydrogen-bond acceptors (Lipinski definition) is 7. The number of fused-ring (bicyclic) bond motifs is 1. The Hall–Kier alpha value is -3.46. The number of aromatic nitrogens is 1. The summed E-state index contributed by atoms with van der Waals surface area (Å²) in [5.74, 6) is 1.51. The minimum atomic E-state index is -0.828. The molecule has 0 spiro atoms. The number of pyridine rings is 1. The molecule has 0 radical (unpaired) electrons. The van der Waals surface area contributed by atoms with E-state index < -0.39 is 10.7 Å². The summed E-state index contributed by atoms with van der Waals surface area (Å²) >= 11 is 0. The Bertz CT molecular complexity index is 1190. The molecular weight excluding hydrogens is 489 g/mol. The minimum Gasteiger partial charge on any atom is -0.493 e. The molecule has 0 saturated carbocycles. The monoisotopic (exact) mass is 529 g/mol. The van der Waals surface area contributed by atoms with Gasteiger partial charge in [0.05, 0.1) is 30.2 Å². The number of methoxy groups -OCH3 is 1. The third-order valence-electron chi connectivity index (χ3n) is 6.12. The fourth-order valence-corrected chi connectivity index (χ4v) is 4.07. The molecule has 2 atom stereocenters. The highest BCUT2D eigenvalue weighted by molar-refractivity contribution is 5.88. The van der Waals surface area contributed by atoms with Crippen LogP contribution < -0.4 is 14.2 Å². The molecule has 8 nitrogen and oxygen atoms in total. The van der Waals surface area contributed by atoms with Crippen molar-refractivity contribution in [1.29, 1.82) is 0 Å². The van der Waals surface area contributed by atoms with Gasteiger partial charge in [0.1, 0.15) is 5.75 Å². The summed E-state index contributed by atoms with van der Waals surface area (Å²) < 4.78 is 31.8. The Morgan fingerprint density at radius 3 is 2.39 bits per heavy atom. The smallest absolute Gasteiger partial charge is 0.272 e. The molecular formula is C29H40FN3O5. The summed E-state index contributed by atoms with van der Waals surface area (Å²) in [5, 5.41) is 11.5. The van der Waals surface area contributed by atoms with E-state index in [9.17, 15) is 14.5 Å². The average Bonchev–Trinajstić information content (AvgIpc) is 2.91. The summed E-state index contributed by atoms with van der Waals surface area (Å²) in [5.41, 5.74) is 0.246. The number of ether oxygens (including phenoxy) is 3. The van der Waals surface area contributed by atoms with Crippen molar-refractivity contribution in [3.8, 4) is 23.0 Å². The first-order valence-corrected chi connectivity index (χ1v) is 13.1. The van der Waals surface area contributed by atoms with E-state index in [1.165, 1.54) is 12.1 Å². The van der Waals surface area contributed by atoms with Crippen LogP contribution in [-0.4, -0.2) is 49.2 Å². The van der Waals surface area contributed by atoms with E-state index in [1.807, 2.05) is 13.8 Å². The van der Waals surface area contributed by atoms with Crippen molar-refractivity contribution in [2.24, 2.45) is 11.8 Å². The Labute approximate surface area is 224 Å². The van der Waals surface area contributed by atoms with E-state index in [-0.39, 0.29) is 11.4 Å². The van der Waals surface area contributed by atoms with Crippen LogP contribution in [-0.2, 0) is 0 Å². The number of nitro groups is 1. The zero-order chi connectivity index (χ0) is 28.2. The van der Waals surface area contributed by atoms with Crippen LogP contribution in [0.3, 0.4) is 0 Å². The fourth-order valence-electron chi connectivity index (χ4n) is 4.07. The van der Waals surface area contributed by atoms with E-state index in [0.29, 0.717) is 46.6 Å². The zero-order valence-corrected chi connectivity index (χ0v) is 23.5. The highest BCUT2D eigenvalue weighted by Crippen LogP contribution is 2.38. The molecule has 2 aromatic carbocycles. The molecule has 0 aliphatic rings. The van der Waals surface area contributed by atoms with Crippen LogP contribution in [0.15, 0.2) is 42.6 Å².